The number of amides is 1. The first-order chi connectivity index (χ1) is 15.5. The number of nitrogens with zero attached hydrogens (tertiary/aromatic N) is 2. The average Bonchev–Trinajstić information content (AvgIpc) is 2.85. The van der Waals surface area contributed by atoms with E-state index >= 15 is 0 Å². The summed E-state index contributed by atoms with van der Waals surface area (Å²) < 4.78 is 18.8. The third-order valence-electron chi connectivity index (χ3n) is 5.23. The highest BCUT2D eigenvalue weighted by atomic mass is 19.1. The van der Waals surface area contributed by atoms with E-state index in [4.69, 9.17) is 4.74 Å². The standard InChI is InChI=1S/C24H24FN3O4/c25-18-3-7-20(8-4-18)32-19-5-1-16(2-6-19)21-13-17(23(30)15-29)14-22(27-21)24(31)28-11-9-26-10-12-28/h1-8,13-14,23,26,29-30H,9-12,15H2/t23-/m1/s1. The Hall–Kier alpha value is -3.33. The third-order valence-corrected chi connectivity index (χ3v) is 5.23. The van der Waals surface area contributed by atoms with Crippen molar-refractivity contribution in [3.05, 3.63) is 77.7 Å². The number of aliphatic hydroxyl groups is 2. The summed E-state index contributed by atoms with van der Waals surface area (Å²) in [5.74, 6) is 0.518. The highest BCUT2D eigenvalue weighted by Crippen LogP contribution is 2.27. The van der Waals surface area contributed by atoms with Crippen LogP contribution in [0.5, 0.6) is 11.5 Å². The first kappa shape index (κ1) is 21.9. The number of aromatic nitrogens is 1. The summed E-state index contributed by atoms with van der Waals surface area (Å²) in [4.78, 5) is 19.2. The lowest BCUT2D eigenvalue weighted by atomic mass is 10.0. The number of carbonyl (C=O) groups excluding carboxylic acids is 1. The number of aliphatic hydroxyl groups excluding tert-OH is 2. The molecule has 7 nitrogen and oxygen atoms in total. The van der Waals surface area contributed by atoms with E-state index in [0.717, 1.165) is 5.56 Å². The van der Waals surface area contributed by atoms with Gasteiger partial charge in [0.1, 0.15) is 29.1 Å². The van der Waals surface area contributed by atoms with Crippen molar-refractivity contribution in [1.29, 1.82) is 0 Å². The fraction of sp³-hybridized carbons (Fsp3) is 0.250. The number of hydrogen-bond acceptors (Lipinski definition) is 6. The molecule has 3 aromatic rings. The number of pyridine rings is 1. The van der Waals surface area contributed by atoms with Crippen molar-refractivity contribution in [2.24, 2.45) is 0 Å². The van der Waals surface area contributed by atoms with Gasteiger partial charge in [0.15, 0.2) is 0 Å². The quantitative estimate of drug-likeness (QED) is 0.549. The van der Waals surface area contributed by atoms with Gasteiger partial charge in [0.05, 0.1) is 12.3 Å². The van der Waals surface area contributed by atoms with Gasteiger partial charge in [-0.2, -0.15) is 0 Å². The van der Waals surface area contributed by atoms with Crippen molar-refractivity contribution in [3.63, 3.8) is 0 Å². The number of piperazine rings is 1. The minimum absolute atomic E-state index is 0.212. The SMILES string of the molecule is O=C(c1cc([C@H](O)CO)cc(-c2ccc(Oc3ccc(F)cc3)cc2)n1)N1CCNCC1. The first-order valence-electron chi connectivity index (χ1n) is 10.4. The summed E-state index contributed by atoms with van der Waals surface area (Å²) in [7, 11) is 0. The first-order valence-corrected chi connectivity index (χ1v) is 10.4. The van der Waals surface area contributed by atoms with Crippen molar-refractivity contribution in [2.75, 3.05) is 32.8 Å². The molecule has 0 aliphatic carbocycles. The lowest BCUT2D eigenvalue weighted by Gasteiger charge is -2.27. The summed E-state index contributed by atoms with van der Waals surface area (Å²) in [5, 5.41) is 22.8. The van der Waals surface area contributed by atoms with Crippen molar-refractivity contribution in [1.82, 2.24) is 15.2 Å². The zero-order chi connectivity index (χ0) is 22.5. The van der Waals surface area contributed by atoms with Gasteiger partial charge in [-0.3, -0.25) is 4.79 Å². The molecule has 0 spiro atoms. The van der Waals surface area contributed by atoms with Gasteiger partial charge in [-0.05, 0) is 66.2 Å². The summed E-state index contributed by atoms with van der Waals surface area (Å²) in [6.45, 7) is 2.13. The topological polar surface area (TPSA) is 94.9 Å². The minimum Gasteiger partial charge on any atom is -0.457 e. The van der Waals surface area contributed by atoms with E-state index in [9.17, 15) is 19.4 Å². The maximum atomic E-state index is 13.1. The molecular weight excluding hydrogens is 413 g/mol. The number of carbonyl (C=O) groups is 1. The second-order valence-corrected chi connectivity index (χ2v) is 7.49. The molecule has 1 atom stereocenters. The molecule has 1 fully saturated rings. The van der Waals surface area contributed by atoms with Crippen LogP contribution in [0, 0.1) is 5.82 Å². The van der Waals surface area contributed by atoms with E-state index in [2.05, 4.69) is 10.3 Å². The molecule has 2 aromatic carbocycles. The molecule has 3 N–H and O–H groups in total. The summed E-state index contributed by atoms with van der Waals surface area (Å²) in [6.07, 6.45) is -1.12. The van der Waals surface area contributed by atoms with Gasteiger partial charge < -0.3 is 25.2 Å². The maximum absolute atomic E-state index is 13.1. The summed E-state index contributed by atoms with van der Waals surface area (Å²) >= 11 is 0. The average molecular weight is 437 g/mol. The number of nitrogens with one attached hydrogen (secondary N) is 1. The van der Waals surface area contributed by atoms with Gasteiger partial charge in [-0.15, -0.1) is 0 Å². The number of hydrogen-bond donors (Lipinski definition) is 3. The Labute approximate surface area is 185 Å². The van der Waals surface area contributed by atoms with Crippen LogP contribution in [0.25, 0.3) is 11.3 Å². The van der Waals surface area contributed by atoms with Gasteiger partial charge >= 0.3 is 0 Å². The molecule has 0 radical (unpaired) electrons. The molecular formula is C24H24FN3O4. The monoisotopic (exact) mass is 437 g/mol. The van der Waals surface area contributed by atoms with Crippen molar-refractivity contribution in [3.8, 4) is 22.8 Å². The molecule has 0 unspecified atom stereocenters. The zero-order valence-corrected chi connectivity index (χ0v) is 17.4. The highest BCUT2D eigenvalue weighted by molar-refractivity contribution is 5.93. The van der Waals surface area contributed by atoms with Gasteiger partial charge in [0, 0.05) is 31.7 Å². The molecule has 1 aromatic heterocycles. The van der Waals surface area contributed by atoms with Crippen LogP contribution < -0.4 is 10.1 Å². The Balaban J connectivity index is 1.61. The van der Waals surface area contributed by atoms with Crippen LogP contribution in [-0.4, -0.2) is 58.8 Å². The molecule has 1 saturated heterocycles. The Morgan fingerprint density at radius 2 is 1.69 bits per heavy atom. The number of rotatable bonds is 6. The maximum Gasteiger partial charge on any atom is 0.272 e. The van der Waals surface area contributed by atoms with Crippen molar-refractivity contribution >= 4 is 5.91 Å². The van der Waals surface area contributed by atoms with Crippen molar-refractivity contribution in [2.45, 2.75) is 6.10 Å². The molecule has 1 aliphatic rings. The van der Waals surface area contributed by atoms with Gasteiger partial charge in [0.25, 0.3) is 5.91 Å². The van der Waals surface area contributed by atoms with Gasteiger partial charge in [-0.1, -0.05) is 0 Å². The lowest BCUT2D eigenvalue weighted by Crippen LogP contribution is -2.46. The smallest absolute Gasteiger partial charge is 0.272 e. The second-order valence-electron chi connectivity index (χ2n) is 7.49. The predicted octanol–water partition coefficient (Wildman–Crippen LogP) is 2.75. The zero-order valence-electron chi connectivity index (χ0n) is 17.4. The third kappa shape index (κ3) is 5.11. The number of benzene rings is 2. The Morgan fingerprint density at radius 1 is 1.06 bits per heavy atom. The largest absolute Gasteiger partial charge is 0.457 e. The fourth-order valence-corrected chi connectivity index (χ4v) is 3.47. The molecule has 4 rings (SSSR count). The summed E-state index contributed by atoms with van der Waals surface area (Å²) in [6, 6.07) is 16.0. The van der Waals surface area contributed by atoms with Crippen LogP contribution in [0.2, 0.25) is 0 Å². The van der Waals surface area contributed by atoms with Crippen LogP contribution in [0.1, 0.15) is 22.2 Å². The van der Waals surface area contributed by atoms with E-state index in [-0.39, 0.29) is 17.4 Å². The lowest BCUT2D eigenvalue weighted by molar-refractivity contribution is 0.0728. The van der Waals surface area contributed by atoms with Gasteiger partial charge in [0.2, 0.25) is 0 Å². The predicted molar refractivity (Wildman–Crippen MR) is 117 cm³/mol. The Morgan fingerprint density at radius 3 is 2.31 bits per heavy atom. The van der Waals surface area contributed by atoms with Crippen LogP contribution in [0.4, 0.5) is 4.39 Å². The number of ether oxygens (including phenoxy) is 1. The second kappa shape index (κ2) is 9.86. The van der Waals surface area contributed by atoms with Crippen LogP contribution in [-0.2, 0) is 0 Å². The van der Waals surface area contributed by atoms with Crippen molar-refractivity contribution < 1.29 is 24.1 Å². The normalized spacial score (nSPS) is 14.8. The fourth-order valence-electron chi connectivity index (χ4n) is 3.47. The van der Waals surface area contributed by atoms with E-state index in [0.29, 0.717) is 48.9 Å². The molecule has 0 saturated carbocycles. The molecule has 0 bridgehead atoms. The molecule has 1 aliphatic heterocycles. The summed E-state index contributed by atoms with van der Waals surface area (Å²) in [5.41, 5.74) is 1.86. The van der Waals surface area contributed by atoms with Crippen LogP contribution >= 0.6 is 0 Å². The Kier molecular flexibility index (Phi) is 6.75. The van der Waals surface area contributed by atoms with E-state index < -0.39 is 12.7 Å². The van der Waals surface area contributed by atoms with E-state index in [1.165, 1.54) is 18.2 Å². The molecule has 1 amide bonds. The minimum atomic E-state index is -1.12. The van der Waals surface area contributed by atoms with Gasteiger partial charge in [-0.25, -0.2) is 9.37 Å². The van der Waals surface area contributed by atoms with Crippen LogP contribution in [0.3, 0.4) is 0 Å². The molecule has 166 valence electrons. The molecule has 2 heterocycles. The van der Waals surface area contributed by atoms with E-state index in [1.54, 1.807) is 47.4 Å². The molecule has 32 heavy (non-hydrogen) atoms. The Bertz CT molecular complexity index is 1070. The van der Waals surface area contributed by atoms with E-state index in [1.807, 2.05) is 0 Å². The highest BCUT2D eigenvalue weighted by Gasteiger charge is 2.22. The molecule has 8 heteroatoms. The number of halogens is 1. The van der Waals surface area contributed by atoms with Crippen LogP contribution in [0.15, 0.2) is 60.7 Å².